The van der Waals surface area contributed by atoms with Gasteiger partial charge in [0.25, 0.3) is 17.5 Å². The van der Waals surface area contributed by atoms with Crippen molar-refractivity contribution >= 4 is 29.4 Å². The largest absolute Gasteiger partial charge is 0.507 e. The normalized spacial score (nSPS) is 10.5. The number of benzene rings is 3. The number of rotatable bonds is 7. The minimum atomic E-state index is -0.581. The van der Waals surface area contributed by atoms with Crippen LogP contribution in [-0.4, -0.2) is 35.2 Å². The third kappa shape index (κ3) is 5.45. The van der Waals surface area contributed by atoms with Crippen molar-refractivity contribution in [2.24, 2.45) is 5.10 Å². The summed E-state index contributed by atoms with van der Waals surface area (Å²) >= 11 is 0. The zero-order chi connectivity index (χ0) is 23.1. The summed E-state index contributed by atoms with van der Waals surface area (Å²) in [5.74, 6) is -0.514. The lowest BCUT2D eigenvalue weighted by Crippen LogP contribution is -2.18. The Morgan fingerprint density at radius 1 is 1.03 bits per heavy atom. The van der Waals surface area contributed by atoms with E-state index in [0.717, 1.165) is 0 Å². The number of carbonyl (C=O) groups excluding carboxylic acids is 2. The maximum absolute atomic E-state index is 12.3. The Hall–Kier alpha value is -4.73. The van der Waals surface area contributed by atoms with Gasteiger partial charge in [0.2, 0.25) is 0 Å². The van der Waals surface area contributed by atoms with E-state index in [1.165, 1.54) is 67.9 Å². The molecule has 162 valence electrons. The van der Waals surface area contributed by atoms with E-state index in [4.69, 9.17) is 4.74 Å². The van der Waals surface area contributed by atoms with Gasteiger partial charge in [0.1, 0.15) is 11.5 Å². The molecule has 3 N–H and O–H groups in total. The Morgan fingerprint density at radius 3 is 2.47 bits per heavy atom. The second-order valence-corrected chi connectivity index (χ2v) is 6.46. The van der Waals surface area contributed by atoms with Crippen molar-refractivity contribution in [3.8, 4) is 11.5 Å². The topological polar surface area (TPSA) is 143 Å². The van der Waals surface area contributed by atoms with Gasteiger partial charge in [-0.1, -0.05) is 6.07 Å². The molecule has 0 saturated heterocycles. The summed E-state index contributed by atoms with van der Waals surface area (Å²) < 4.78 is 5.07. The fourth-order valence-electron chi connectivity index (χ4n) is 2.66. The molecule has 10 heteroatoms. The van der Waals surface area contributed by atoms with Crippen LogP contribution in [0.2, 0.25) is 0 Å². The highest BCUT2D eigenvalue weighted by Crippen LogP contribution is 2.21. The molecule has 0 aromatic heterocycles. The lowest BCUT2D eigenvalue weighted by molar-refractivity contribution is -0.384. The number of phenols is 1. The molecule has 0 aliphatic heterocycles. The molecule has 3 rings (SSSR count). The first-order chi connectivity index (χ1) is 15.4. The molecule has 0 bridgehead atoms. The lowest BCUT2D eigenvalue weighted by Gasteiger charge is -2.06. The van der Waals surface area contributed by atoms with E-state index in [-0.39, 0.29) is 22.6 Å². The molecule has 32 heavy (non-hydrogen) atoms. The number of amides is 2. The van der Waals surface area contributed by atoms with Gasteiger partial charge in [-0.3, -0.25) is 19.7 Å². The zero-order valence-electron chi connectivity index (χ0n) is 16.8. The van der Waals surface area contributed by atoms with Crippen LogP contribution in [0.25, 0.3) is 0 Å². The van der Waals surface area contributed by atoms with Crippen LogP contribution in [0.15, 0.2) is 71.8 Å². The number of carbonyl (C=O) groups is 2. The number of hydrogen-bond acceptors (Lipinski definition) is 7. The molecular weight excluding hydrogens is 416 g/mol. The minimum absolute atomic E-state index is 0.0207. The number of aromatic hydroxyl groups is 1. The zero-order valence-corrected chi connectivity index (χ0v) is 16.8. The van der Waals surface area contributed by atoms with Gasteiger partial charge in [-0.15, -0.1) is 0 Å². The Bertz CT molecular complexity index is 1190. The van der Waals surface area contributed by atoms with Crippen molar-refractivity contribution in [1.29, 1.82) is 0 Å². The number of methoxy groups -OCH3 is 1. The predicted molar refractivity (Wildman–Crippen MR) is 117 cm³/mol. The summed E-state index contributed by atoms with van der Waals surface area (Å²) in [6.45, 7) is 0. The van der Waals surface area contributed by atoms with E-state index in [1.807, 2.05) is 0 Å². The molecule has 0 unspecified atom stereocenters. The first-order valence-corrected chi connectivity index (χ1v) is 9.23. The summed E-state index contributed by atoms with van der Waals surface area (Å²) in [5, 5.41) is 27.1. The van der Waals surface area contributed by atoms with Gasteiger partial charge in [0, 0.05) is 34.5 Å². The van der Waals surface area contributed by atoms with Crippen LogP contribution in [0.1, 0.15) is 26.3 Å². The molecule has 0 saturated carbocycles. The quantitative estimate of drug-likeness (QED) is 0.296. The minimum Gasteiger partial charge on any atom is -0.507 e. The molecule has 0 radical (unpaired) electrons. The first kappa shape index (κ1) is 22.0. The standard InChI is InChI=1S/C22H18N4O6/c1-32-19-9-10-20(27)16(12-19)13-23-25-22(29)14-5-7-17(8-6-14)24-21(28)15-3-2-4-18(11-15)26(30)31/h2-13,27H,1H3,(H,24,28)(H,25,29)/b23-13+. The predicted octanol–water partition coefficient (Wildman–Crippen LogP) is 3.33. The summed E-state index contributed by atoms with van der Waals surface area (Å²) in [5.41, 5.74) is 3.34. The summed E-state index contributed by atoms with van der Waals surface area (Å²) in [4.78, 5) is 34.8. The van der Waals surface area contributed by atoms with E-state index >= 15 is 0 Å². The van der Waals surface area contributed by atoms with Gasteiger partial charge in [0.05, 0.1) is 18.2 Å². The third-order valence-electron chi connectivity index (χ3n) is 4.33. The van der Waals surface area contributed by atoms with Gasteiger partial charge in [0.15, 0.2) is 0 Å². The summed E-state index contributed by atoms with van der Waals surface area (Å²) in [7, 11) is 1.49. The van der Waals surface area contributed by atoms with Crippen LogP contribution >= 0.6 is 0 Å². The molecule has 0 aliphatic carbocycles. The third-order valence-corrected chi connectivity index (χ3v) is 4.33. The number of ether oxygens (including phenoxy) is 1. The first-order valence-electron chi connectivity index (χ1n) is 9.23. The number of nitrogens with one attached hydrogen (secondary N) is 2. The molecule has 0 spiro atoms. The van der Waals surface area contributed by atoms with Gasteiger partial charge in [-0.25, -0.2) is 5.43 Å². The highest BCUT2D eigenvalue weighted by molar-refractivity contribution is 6.05. The molecule has 0 aliphatic rings. The number of non-ortho nitro benzene ring substituents is 1. The molecular formula is C22H18N4O6. The summed E-state index contributed by atoms with van der Waals surface area (Å²) in [6, 6.07) is 15.9. The van der Waals surface area contributed by atoms with E-state index in [0.29, 0.717) is 17.0 Å². The fraction of sp³-hybridized carbons (Fsp3) is 0.0455. The molecule has 0 fully saturated rings. The number of phenolic OH excluding ortho intramolecular Hbond substituents is 1. The van der Waals surface area contributed by atoms with Crippen LogP contribution in [0.4, 0.5) is 11.4 Å². The van der Waals surface area contributed by atoms with Crippen LogP contribution in [0, 0.1) is 10.1 Å². The monoisotopic (exact) mass is 434 g/mol. The van der Waals surface area contributed by atoms with Crippen LogP contribution in [-0.2, 0) is 0 Å². The van der Waals surface area contributed by atoms with E-state index in [9.17, 15) is 24.8 Å². The van der Waals surface area contributed by atoms with Crippen molar-refractivity contribution in [2.75, 3.05) is 12.4 Å². The van der Waals surface area contributed by atoms with Crippen molar-refractivity contribution in [3.05, 3.63) is 93.5 Å². The van der Waals surface area contributed by atoms with Gasteiger partial charge in [-0.05, 0) is 48.5 Å². The van der Waals surface area contributed by atoms with Crippen molar-refractivity contribution in [2.45, 2.75) is 0 Å². The number of nitro benzene ring substituents is 1. The molecule has 3 aromatic carbocycles. The van der Waals surface area contributed by atoms with E-state index in [1.54, 1.807) is 12.1 Å². The van der Waals surface area contributed by atoms with E-state index in [2.05, 4.69) is 15.8 Å². The maximum Gasteiger partial charge on any atom is 0.271 e. The number of hydrazone groups is 1. The van der Waals surface area contributed by atoms with Gasteiger partial charge in [-0.2, -0.15) is 5.10 Å². The number of hydrogen-bond donors (Lipinski definition) is 3. The molecule has 2 amide bonds. The maximum atomic E-state index is 12.3. The Balaban J connectivity index is 1.61. The van der Waals surface area contributed by atoms with Gasteiger partial charge >= 0.3 is 0 Å². The average Bonchev–Trinajstić information content (AvgIpc) is 2.80. The number of anilines is 1. The SMILES string of the molecule is COc1ccc(O)c(/C=N/NC(=O)c2ccc(NC(=O)c3cccc([N+](=O)[O-])c3)cc2)c1. The van der Waals surface area contributed by atoms with Crippen molar-refractivity contribution in [3.63, 3.8) is 0 Å². The van der Waals surface area contributed by atoms with E-state index < -0.39 is 16.7 Å². The average molecular weight is 434 g/mol. The molecule has 10 nitrogen and oxygen atoms in total. The highest BCUT2D eigenvalue weighted by Gasteiger charge is 2.12. The molecule has 0 atom stereocenters. The lowest BCUT2D eigenvalue weighted by atomic mass is 10.1. The highest BCUT2D eigenvalue weighted by atomic mass is 16.6. The molecule has 0 heterocycles. The smallest absolute Gasteiger partial charge is 0.271 e. The Morgan fingerprint density at radius 2 is 1.78 bits per heavy atom. The number of nitrogens with zero attached hydrogens (tertiary/aromatic N) is 2. The second-order valence-electron chi connectivity index (χ2n) is 6.46. The van der Waals surface area contributed by atoms with Crippen LogP contribution < -0.4 is 15.5 Å². The Labute approximate surface area is 182 Å². The van der Waals surface area contributed by atoms with Crippen LogP contribution in [0.5, 0.6) is 11.5 Å². The second kappa shape index (κ2) is 9.85. The van der Waals surface area contributed by atoms with Gasteiger partial charge < -0.3 is 15.2 Å². The number of nitro groups is 1. The van der Waals surface area contributed by atoms with Crippen molar-refractivity contribution in [1.82, 2.24) is 5.43 Å². The van der Waals surface area contributed by atoms with Crippen LogP contribution in [0.3, 0.4) is 0 Å². The van der Waals surface area contributed by atoms with Crippen molar-refractivity contribution < 1.29 is 24.4 Å². The Kier molecular flexibility index (Phi) is 6.76. The fourth-order valence-corrected chi connectivity index (χ4v) is 2.66. The molecule has 3 aromatic rings. The summed E-state index contributed by atoms with van der Waals surface area (Å²) in [6.07, 6.45) is 1.28.